The molecule has 1 aromatic heterocycles. The fourth-order valence-electron chi connectivity index (χ4n) is 2.14. The van der Waals surface area contributed by atoms with Gasteiger partial charge in [-0.05, 0) is 17.7 Å². The Balaban J connectivity index is 2.33. The van der Waals surface area contributed by atoms with Gasteiger partial charge >= 0.3 is 0 Å². The molecule has 0 saturated carbocycles. The standard InChI is InChI=1S/C15H12N/c1-16-11-14(12-7-3-2-4-8-12)13-9-5-6-10-15(13)16/h3-11H,1H3. The van der Waals surface area contributed by atoms with Crippen molar-refractivity contribution in [1.82, 2.24) is 4.57 Å². The number of para-hydroxylation sites is 1. The topological polar surface area (TPSA) is 4.93 Å². The van der Waals surface area contributed by atoms with Gasteiger partial charge in [0.25, 0.3) is 0 Å². The molecule has 0 atom stereocenters. The summed E-state index contributed by atoms with van der Waals surface area (Å²) in [6, 6.07) is 19.6. The van der Waals surface area contributed by atoms with Crippen molar-refractivity contribution in [3.63, 3.8) is 0 Å². The van der Waals surface area contributed by atoms with E-state index in [9.17, 15) is 0 Å². The zero-order valence-corrected chi connectivity index (χ0v) is 9.14. The van der Waals surface area contributed by atoms with Crippen molar-refractivity contribution in [2.45, 2.75) is 0 Å². The fraction of sp³-hybridized carbons (Fsp3) is 0.0667. The Morgan fingerprint density at radius 2 is 1.75 bits per heavy atom. The van der Waals surface area contributed by atoms with E-state index in [1.807, 2.05) is 12.1 Å². The summed E-state index contributed by atoms with van der Waals surface area (Å²) in [7, 11) is 2.08. The van der Waals surface area contributed by atoms with Gasteiger partial charge in [0.2, 0.25) is 0 Å². The Labute approximate surface area is 95.0 Å². The minimum Gasteiger partial charge on any atom is -0.350 e. The second kappa shape index (κ2) is 3.53. The van der Waals surface area contributed by atoms with Gasteiger partial charge in [-0.2, -0.15) is 0 Å². The maximum atomic E-state index is 3.05. The first-order valence-corrected chi connectivity index (χ1v) is 5.37. The highest BCUT2D eigenvalue weighted by Gasteiger charge is 2.06. The molecule has 0 aliphatic carbocycles. The summed E-state index contributed by atoms with van der Waals surface area (Å²) in [4.78, 5) is 0. The van der Waals surface area contributed by atoms with Crippen LogP contribution in [0.4, 0.5) is 0 Å². The molecule has 0 N–H and O–H groups in total. The Morgan fingerprint density at radius 1 is 1.00 bits per heavy atom. The van der Waals surface area contributed by atoms with Crippen LogP contribution in [-0.4, -0.2) is 4.57 Å². The zero-order valence-electron chi connectivity index (χ0n) is 9.14. The molecule has 3 rings (SSSR count). The maximum absolute atomic E-state index is 3.05. The van der Waals surface area contributed by atoms with E-state index >= 15 is 0 Å². The third kappa shape index (κ3) is 1.33. The smallest absolute Gasteiger partial charge is 0.0484 e. The molecule has 0 fully saturated rings. The molecular formula is C15H12N. The molecule has 1 radical (unpaired) electrons. The largest absolute Gasteiger partial charge is 0.350 e. The zero-order chi connectivity index (χ0) is 11.0. The number of aryl methyl sites for hydroxylation is 1. The van der Waals surface area contributed by atoms with Crippen LogP contribution >= 0.6 is 0 Å². The molecule has 0 unspecified atom stereocenters. The van der Waals surface area contributed by atoms with E-state index in [0.717, 1.165) is 0 Å². The van der Waals surface area contributed by atoms with Crippen molar-refractivity contribution < 1.29 is 0 Å². The van der Waals surface area contributed by atoms with Crippen LogP contribution in [0.15, 0.2) is 54.7 Å². The summed E-state index contributed by atoms with van der Waals surface area (Å²) >= 11 is 0. The van der Waals surface area contributed by atoms with Crippen LogP contribution in [0.3, 0.4) is 0 Å². The molecule has 0 amide bonds. The molecule has 77 valence electrons. The summed E-state index contributed by atoms with van der Waals surface area (Å²) in [5, 5.41) is 1.30. The normalized spacial score (nSPS) is 10.8. The number of hydrogen-bond acceptors (Lipinski definition) is 0. The SMILES string of the molecule is Cn1cc(-c2cc[c]cc2)c2ccccc21. The second-order valence-electron chi connectivity index (χ2n) is 3.96. The van der Waals surface area contributed by atoms with Gasteiger partial charge in [-0.3, -0.25) is 0 Å². The molecular weight excluding hydrogens is 194 g/mol. The summed E-state index contributed by atoms with van der Waals surface area (Å²) in [5.41, 5.74) is 3.80. The van der Waals surface area contributed by atoms with Crippen LogP contribution in [0.5, 0.6) is 0 Å². The molecule has 2 aromatic carbocycles. The van der Waals surface area contributed by atoms with E-state index in [2.05, 4.69) is 60.3 Å². The van der Waals surface area contributed by atoms with E-state index in [0.29, 0.717) is 0 Å². The van der Waals surface area contributed by atoms with Crippen molar-refractivity contribution in [1.29, 1.82) is 0 Å². The van der Waals surface area contributed by atoms with Gasteiger partial charge < -0.3 is 4.57 Å². The molecule has 0 spiro atoms. The summed E-state index contributed by atoms with van der Waals surface area (Å²) < 4.78 is 2.17. The Kier molecular flexibility index (Phi) is 2.03. The van der Waals surface area contributed by atoms with Crippen LogP contribution in [-0.2, 0) is 7.05 Å². The Bertz CT molecular complexity index is 620. The van der Waals surface area contributed by atoms with Gasteiger partial charge in [-0.1, -0.05) is 42.5 Å². The summed E-state index contributed by atoms with van der Waals surface area (Å²) in [6.45, 7) is 0. The fourth-order valence-corrected chi connectivity index (χ4v) is 2.14. The van der Waals surface area contributed by atoms with Gasteiger partial charge in [0.05, 0.1) is 0 Å². The number of aromatic nitrogens is 1. The average molecular weight is 206 g/mol. The van der Waals surface area contributed by atoms with Gasteiger partial charge in [0.15, 0.2) is 0 Å². The molecule has 16 heavy (non-hydrogen) atoms. The highest BCUT2D eigenvalue weighted by Crippen LogP contribution is 2.29. The van der Waals surface area contributed by atoms with Crippen molar-refractivity contribution >= 4 is 10.9 Å². The van der Waals surface area contributed by atoms with Crippen LogP contribution in [0.2, 0.25) is 0 Å². The number of nitrogens with zero attached hydrogens (tertiary/aromatic N) is 1. The lowest BCUT2D eigenvalue weighted by atomic mass is 10.1. The lowest BCUT2D eigenvalue weighted by Gasteiger charge is -1.97. The lowest BCUT2D eigenvalue weighted by molar-refractivity contribution is 0.970. The summed E-state index contributed by atoms with van der Waals surface area (Å²) in [6.07, 6.45) is 2.18. The van der Waals surface area contributed by atoms with Crippen molar-refractivity contribution in [3.8, 4) is 11.1 Å². The van der Waals surface area contributed by atoms with Crippen molar-refractivity contribution in [2.75, 3.05) is 0 Å². The highest BCUT2D eigenvalue weighted by atomic mass is 14.9. The molecule has 1 nitrogen and oxygen atoms in total. The van der Waals surface area contributed by atoms with Crippen molar-refractivity contribution in [3.05, 3.63) is 60.8 Å². The minimum absolute atomic E-state index is 1.25. The number of benzene rings is 2. The third-order valence-electron chi connectivity index (χ3n) is 2.93. The molecule has 1 heterocycles. The first-order chi connectivity index (χ1) is 7.86. The monoisotopic (exact) mass is 206 g/mol. The van der Waals surface area contributed by atoms with Crippen LogP contribution in [0.1, 0.15) is 0 Å². The lowest BCUT2D eigenvalue weighted by Crippen LogP contribution is -1.81. The molecule has 0 aliphatic rings. The first-order valence-electron chi connectivity index (χ1n) is 5.37. The van der Waals surface area contributed by atoms with E-state index in [-0.39, 0.29) is 0 Å². The maximum Gasteiger partial charge on any atom is 0.0484 e. The van der Waals surface area contributed by atoms with Gasteiger partial charge in [-0.25, -0.2) is 0 Å². The quantitative estimate of drug-likeness (QED) is 0.572. The number of rotatable bonds is 1. The minimum atomic E-state index is 1.25. The van der Waals surface area contributed by atoms with E-state index < -0.39 is 0 Å². The molecule has 0 saturated heterocycles. The average Bonchev–Trinajstić information content (AvgIpc) is 2.69. The Hall–Kier alpha value is -2.02. The van der Waals surface area contributed by atoms with Gasteiger partial charge in [0, 0.05) is 29.7 Å². The van der Waals surface area contributed by atoms with Gasteiger partial charge in [0.1, 0.15) is 0 Å². The van der Waals surface area contributed by atoms with Crippen LogP contribution in [0, 0.1) is 6.07 Å². The predicted octanol–water partition coefficient (Wildman–Crippen LogP) is 3.65. The van der Waals surface area contributed by atoms with Crippen LogP contribution in [0.25, 0.3) is 22.0 Å². The number of hydrogen-bond donors (Lipinski definition) is 0. The predicted molar refractivity (Wildman–Crippen MR) is 67.2 cm³/mol. The molecule has 0 aliphatic heterocycles. The second-order valence-corrected chi connectivity index (χ2v) is 3.96. The van der Waals surface area contributed by atoms with E-state index in [4.69, 9.17) is 0 Å². The van der Waals surface area contributed by atoms with Crippen molar-refractivity contribution in [2.24, 2.45) is 7.05 Å². The van der Waals surface area contributed by atoms with Crippen LogP contribution < -0.4 is 0 Å². The van der Waals surface area contributed by atoms with Gasteiger partial charge in [-0.15, -0.1) is 0 Å². The van der Waals surface area contributed by atoms with E-state index in [1.165, 1.54) is 22.0 Å². The summed E-state index contributed by atoms with van der Waals surface area (Å²) in [5.74, 6) is 0. The number of fused-ring (bicyclic) bond motifs is 1. The Morgan fingerprint density at radius 3 is 2.56 bits per heavy atom. The third-order valence-corrected chi connectivity index (χ3v) is 2.93. The molecule has 1 heteroatoms. The molecule has 3 aromatic rings. The van der Waals surface area contributed by atoms with E-state index in [1.54, 1.807) is 0 Å². The first kappa shape index (κ1) is 9.22. The highest BCUT2D eigenvalue weighted by molar-refractivity contribution is 5.95. The molecule has 0 bridgehead atoms.